The van der Waals surface area contributed by atoms with Crippen molar-refractivity contribution in [1.29, 1.82) is 0 Å². The van der Waals surface area contributed by atoms with E-state index in [4.69, 9.17) is 10.5 Å². The fourth-order valence-corrected chi connectivity index (χ4v) is 5.20. The van der Waals surface area contributed by atoms with Gasteiger partial charge in [-0.3, -0.25) is 4.90 Å². The van der Waals surface area contributed by atoms with Crippen LogP contribution in [0.2, 0.25) is 0 Å². The number of halogens is 2. The summed E-state index contributed by atoms with van der Waals surface area (Å²) >= 11 is 0. The molecule has 0 aromatic heterocycles. The fraction of sp³-hybridized carbons (Fsp3) is 0.579. The van der Waals surface area contributed by atoms with Crippen molar-refractivity contribution in [3.63, 3.8) is 0 Å². The Morgan fingerprint density at radius 1 is 1.18 bits per heavy atom. The van der Waals surface area contributed by atoms with E-state index in [9.17, 15) is 17.2 Å². The first-order valence-corrected chi connectivity index (χ1v) is 11.3. The minimum atomic E-state index is -3.20. The summed E-state index contributed by atoms with van der Waals surface area (Å²) in [7, 11) is -3.20. The number of hydrogen-bond acceptors (Lipinski definition) is 5. The van der Waals surface area contributed by atoms with E-state index in [0.29, 0.717) is 32.7 Å². The van der Waals surface area contributed by atoms with Gasteiger partial charge in [0.1, 0.15) is 17.7 Å². The molecule has 0 unspecified atom stereocenters. The highest BCUT2D eigenvalue weighted by Gasteiger charge is 2.38. The molecule has 1 aromatic rings. The van der Waals surface area contributed by atoms with Crippen LogP contribution in [0.3, 0.4) is 0 Å². The third-order valence-electron chi connectivity index (χ3n) is 5.98. The Bertz CT molecular complexity index is 906. The summed E-state index contributed by atoms with van der Waals surface area (Å²) in [5, 5.41) is 0. The molecule has 3 heterocycles. The van der Waals surface area contributed by atoms with E-state index in [1.165, 1.54) is 16.1 Å². The lowest BCUT2D eigenvalue weighted by molar-refractivity contribution is -0.0506. The minimum Gasteiger partial charge on any atom is -0.370 e. The van der Waals surface area contributed by atoms with Crippen LogP contribution in [0.5, 0.6) is 0 Å². The predicted molar refractivity (Wildman–Crippen MR) is 101 cm³/mol. The molecule has 4 rings (SSSR count). The molecule has 3 atom stereocenters. The number of nitrogens with zero attached hydrogens (tertiary/aromatic N) is 2. The lowest BCUT2D eigenvalue weighted by Crippen LogP contribution is -2.51. The van der Waals surface area contributed by atoms with E-state index in [0.717, 1.165) is 36.7 Å². The molecule has 0 spiro atoms. The third-order valence-corrected chi connectivity index (χ3v) is 7.18. The van der Waals surface area contributed by atoms with Crippen LogP contribution in [-0.2, 0) is 14.8 Å². The zero-order chi connectivity index (χ0) is 20.1. The summed E-state index contributed by atoms with van der Waals surface area (Å²) in [4.78, 5) is 2.27. The van der Waals surface area contributed by atoms with E-state index in [-0.39, 0.29) is 11.6 Å². The van der Waals surface area contributed by atoms with Crippen molar-refractivity contribution >= 4 is 10.0 Å². The van der Waals surface area contributed by atoms with Crippen molar-refractivity contribution in [3.8, 4) is 0 Å². The van der Waals surface area contributed by atoms with Gasteiger partial charge in [0, 0.05) is 43.8 Å². The average molecular weight is 413 g/mol. The molecule has 0 bridgehead atoms. The van der Waals surface area contributed by atoms with Crippen molar-refractivity contribution in [1.82, 2.24) is 9.21 Å². The Morgan fingerprint density at radius 3 is 2.64 bits per heavy atom. The van der Waals surface area contributed by atoms with Gasteiger partial charge in [0.25, 0.3) is 0 Å². The zero-order valence-electron chi connectivity index (χ0n) is 15.8. The highest BCUT2D eigenvalue weighted by atomic mass is 32.2. The molecule has 9 heteroatoms. The van der Waals surface area contributed by atoms with Crippen LogP contribution in [0.1, 0.15) is 24.5 Å². The SMILES string of the molecule is CS(=O)(=O)N1CC2=C(CN([C@H]3CO[C@H](c4cc(F)ccc4F)[C@@H](N)C3)CC2)C1. The predicted octanol–water partition coefficient (Wildman–Crippen LogP) is 1.40. The van der Waals surface area contributed by atoms with Crippen LogP contribution in [0.25, 0.3) is 0 Å². The van der Waals surface area contributed by atoms with E-state index in [1.807, 2.05) is 0 Å². The molecule has 0 saturated carbocycles. The van der Waals surface area contributed by atoms with Crippen molar-refractivity contribution in [2.45, 2.75) is 31.0 Å². The van der Waals surface area contributed by atoms with Crippen LogP contribution in [0.4, 0.5) is 8.78 Å². The number of nitrogens with two attached hydrogens (primary N) is 1. The largest absolute Gasteiger partial charge is 0.370 e. The van der Waals surface area contributed by atoms with E-state index >= 15 is 0 Å². The smallest absolute Gasteiger partial charge is 0.211 e. The van der Waals surface area contributed by atoms with Gasteiger partial charge in [0.15, 0.2) is 0 Å². The normalized spacial score (nSPS) is 29.9. The quantitative estimate of drug-likeness (QED) is 0.759. The van der Waals surface area contributed by atoms with E-state index in [2.05, 4.69) is 4.90 Å². The molecular formula is C19H25F2N3O3S. The Balaban J connectivity index is 1.41. The van der Waals surface area contributed by atoms with E-state index < -0.39 is 33.8 Å². The second kappa shape index (κ2) is 7.46. The summed E-state index contributed by atoms with van der Waals surface area (Å²) in [5.74, 6) is -1.03. The maximum atomic E-state index is 14.1. The molecule has 0 radical (unpaired) electrons. The molecule has 3 aliphatic heterocycles. The molecular weight excluding hydrogens is 388 g/mol. The molecule has 6 nitrogen and oxygen atoms in total. The monoisotopic (exact) mass is 413 g/mol. The van der Waals surface area contributed by atoms with Gasteiger partial charge in [0.2, 0.25) is 10.0 Å². The maximum absolute atomic E-state index is 14.1. The standard InChI is InChI=1S/C19H25F2N3O3S/c1-28(25,26)24-9-12-4-5-23(8-13(12)10-24)15-7-18(22)19(27-11-15)16-6-14(20)2-3-17(16)21/h2-3,6,15,18-19H,4-5,7-11,22H2,1H3/t15-,18+,19-/m1/s1. The summed E-state index contributed by atoms with van der Waals surface area (Å²) < 4.78 is 58.6. The highest BCUT2D eigenvalue weighted by molar-refractivity contribution is 7.88. The summed E-state index contributed by atoms with van der Waals surface area (Å²) in [6.07, 6.45) is 2.01. The topological polar surface area (TPSA) is 75.9 Å². The lowest BCUT2D eigenvalue weighted by Gasteiger charge is -2.41. The molecule has 154 valence electrons. The Hall–Kier alpha value is -1.39. The summed E-state index contributed by atoms with van der Waals surface area (Å²) in [6.45, 7) is 2.83. The van der Waals surface area contributed by atoms with Gasteiger partial charge in [0.05, 0.1) is 12.9 Å². The number of ether oxygens (including phenoxy) is 1. The molecule has 1 aromatic carbocycles. The van der Waals surface area contributed by atoms with Crippen molar-refractivity contribution in [2.75, 3.05) is 39.0 Å². The van der Waals surface area contributed by atoms with Crippen LogP contribution in [0, 0.1) is 11.6 Å². The highest BCUT2D eigenvalue weighted by Crippen LogP contribution is 2.34. The van der Waals surface area contributed by atoms with Gasteiger partial charge in [-0.1, -0.05) is 5.57 Å². The zero-order valence-corrected chi connectivity index (χ0v) is 16.6. The molecule has 1 saturated heterocycles. The van der Waals surface area contributed by atoms with Crippen LogP contribution < -0.4 is 5.73 Å². The molecule has 28 heavy (non-hydrogen) atoms. The summed E-state index contributed by atoms with van der Waals surface area (Å²) in [6, 6.07) is 2.96. The first-order valence-electron chi connectivity index (χ1n) is 9.43. The number of sulfonamides is 1. The van der Waals surface area contributed by atoms with Gasteiger partial charge in [-0.2, -0.15) is 4.31 Å². The first kappa shape index (κ1) is 19.9. The lowest BCUT2D eigenvalue weighted by atomic mass is 9.92. The van der Waals surface area contributed by atoms with Crippen molar-refractivity contribution in [3.05, 3.63) is 46.5 Å². The minimum absolute atomic E-state index is 0.0733. The second-order valence-electron chi connectivity index (χ2n) is 7.93. The van der Waals surface area contributed by atoms with Gasteiger partial charge in [-0.25, -0.2) is 17.2 Å². The van der Waals surface area contributed by atoms with Crippen LogP contribution in [-0.4, -0.2) is 68.7 Å². The Kier molecular flexibility index (Phi) is 5.30. The van der Waals surface area contributed by atoms with Gasteiger partial charge >= 0.3 is 0 Å². The Labute approximate surface area is 164 Å². The average Bonchev–Trinajstić information content (AvgIpc) is 3.07. The molecule has 2 N–H and O–H groups in total. The van der Waals surface area contributed by atoms with Crippen LogP contribution in [0.15, 0.2) is 29.3 Å². The second-order valence-corrected chi connectivity index (χ2v) is 9.91. The fourth-order valence-electron chi connectivity index (χ4n) is 4.42. The van der Waals surface area contributed by atoms with Gasteiger partial charge < -0.3 is 10.5 Å². The molecule has 0 aliphatic carbocycles. The van der Waals surface area contributed by atoms with Crippen LogP contribution >= 0.6 is 0 Å². The summed E-state index contributed by atoms with van der Waals surface area (Å²) in [5.41, 5.74) is 8.80. The Morgan fingerprint density at radius 2 is 1.93 bits per heavy atom. The maximum Gasteiger partial charge on any atom is 0.211 e. The molecule has 0 amide bonds. The number of hydrogen-bond donors (Lipinski definition) is 1. The first-order chi connectivity index (χ1) is 13.2. The van der Waals surface area contributed by atoms with Gasteiger partial charge in [-0.05, 0) is 36.6 Å². The third kappa shape index (κ3) is 3.86. The molecule has 1 fully saturated rings. The number of benzene rings is 1. The van der Waals surface area contributed by atoms with E-state index in [1.54, 1.807) is 0 Å². The van der Waals surface area contributed by atoms with Crippen molar-refractivity contribution < 1.29 is 21.9 Å². The van der Waals surface area contributed by atoms with Crippen molar-refractivity contribution in [2.24, 2.45) is 5.73 Å². The number of rotatable bonds is 3. The molecule has 3 aliphatic rings. The van der Waals surface area contributed by atoms with Gasteiger partial charge in [-0.15, -0.1) is 0 Å².